The van der Waals surface area contributed by atoms with Crippen LogP contribution in [0.3, 0.4) is 0 Å². The molecule has 2 nitrogen and oxygen atoms in total. The molecule has 0 aliphatic heterocycles. The number of furan rings is 1. The summed E-state index contributed by atoms with van der Waals surface area (Å²) >= 11 is 1.74. The van der Waals surface area contributed by atoms with Crippen LogP contribution in [-0.2, 0) is 0 Å². The number of aryl methyl sites for hydroxylation is 1. The Bertz CT molecular complexity index is 489. The van der Waals surface area contributed by atoms with E-state index in [2.05, 4.69) is 43.4 Å². The summed E-state index contributed by atoms with van der Waals surface area (Å²) < 4.78 is 5.30. The average Bonchev–Trinajstić information content (AvgIpc) is 2.76. The predicted molar refractivity (Wildman–Crippen MR) is 76.1 cm³/mol. The van der Waals surface area contributed by atoms with Crippen molar-refractivity contribution in [3.63, 3.8) is 0 Å². The second-order valence-electron chi connectivity index (χ2n) is 4.29. The van der Waals surface area contributed by atoms with Crippen LogP contribution in [0, 0.1) is 6.92 Å². The van der Waals surface area contributed by atoms with E-state index < -0.39 is 0 Å². The molecule has 1 N–H and O–H groups in total. The third-order valence-electron chi connectivity index (χ3n) is 2.93. The van der Waals surface area contributed by atoms with Crippen molar-refractivity contribution in [3.8, 4) is 0 Å². The highest BCUT2D eigenvalue weighted by Gasteiger charge is 2.06. The van der Waals surface area contributed by atoms with Crippen LogP contribution in [0.25, 0.3) is 0 Å². The summed E-state index contributed by atoms with van der Waals surface area (Å²) in [6, 6.07) is 11.1. The molecule has 0 spiro atoms. The average molecular weight is 261 g/mol. The lowest BCUT2D eigenvalue weighted by atomic mass is 10.1. The Hall–Kier alpha value is -1.19. The molecule has 0 aliphatic rings. The Morgan fingerprint density at radius 2 is 1.94 bits per heavy atom. The summed E-state index contributed by atoms with van der Waals surface area (Å²) in [5, 5.41) is 3.41. The number of benzene rings is 1. The molecule has 1 unspecified atom stereocenters. The zero-order chi connectivity index (χ0) is 13.0. The number of nitrogens with one attached hydrogen (secondary N) is 1. The summed E-state index contributed by atoms with van der Waals surface area (Å²) in [5.41, 5.74) is 1.32. The molecular weight excluding hydrogens is 242 g/mol. The number of hydrogen-bond donors (Lipinski definition) is 1. The highest BCUT2D eigenvalue weighted by atomic mass is 32.2. The third kappa shape index (κ3) is 3.18. The van der Waals surface area contributed by atoms with Gasteiger partial charge < -0.3 is 9.73 Å². The van der Waals surface area contributed by atoms with Crippen LogP contribution in [0.4, 0.5) is 0 Å². The molecule has 0 saturated heterocycles. The summed E-state index contributed by atoms with van der Waals surface area (Å²) in [4.78, 5) is 2.43. The molecule has 0 amide bonds. The fourth-order valence-electron chi connectivity index (χ4n) is 1.85. The first kappa shape index (κ1) is 13.2. The fourth-order valence-corrected chi connectivity index (χ4v) is 2.70. The summed E-state index contributed by atoms with van der Waals surface area (Å²) in [7, 11) is 0. The van der Waals surface area contributed by atoms with E-state index in [1.165, 1.54) is 15.4 Å². The zero-order valence-corrected chi connectivity index (χ0v) is 11.9. The molecule has 1 heterocycles. The minimum atomic E-state index is 0.407. The van der Waals surface area contributed by atoms with E-state index in [0.29, 0.717) is 6.04 Å². The second-order valence-corrected chi connectivity index (χ2v) is 5.41. The molecular formula is C15H19NOS. The van der Waals surface area contributed by atoms with Gasteiger partial charge in [-0.3, -0.25) is 0 Å². The monoisotopic (exact) mass is 261 g/mol. The lowest BCUT2D eigenvalue weighted by Gasteiger charge is -2.12. The molecule has 2 rings (SSSR count). The lowest BCUT2D eigenvalue weighted by Crippen LogP contribution is -2.17. The van der Waals surface area contributed by atoms with Crippen molar-refractivity contribution in [2.75, 3.05) is 6.54 Å². The van der Waals surface area contributed by atoms with E-state index in [9.17, 15) is 0 Å². The SMILES string of the molecule is CCNC(C)c1ccc(Sc2ccoc2C)cc1. The van der Waals surface area contributed by atoms with Gasteiger partial charge in [0.2, 0.25) is 0 Å². The topological polar surface area (TPSA) is 25.2 Å². The van der Waals surface area contributed by atoms with Gasteiger partial charge in [-0.2, -0.15) is 0 Å². The molecule has 1 atom stereocenters. The Morgan fingerprint density at radius 1 is 1.22 bits per heavy atom. The van der Waals surface area contributed by atoms with Crippen molar-refractivity contribution in [3.05, 3.63) is 47.9 Å². The van der Waals surface area contributed by atoms with Gasteiger partial charge in [-0.1, -0.05) is 30.8 Å². The number of rotatable bonds is 5. The van der Waals surface area contributed by atoms with E-state index in [4.69, 9.17) is 4.42 Å². The normalized spacial score (nSPS) is 12.6. The van der Waals surface area contributed by atoms with E-state index in [0.717, 1.165) is 12.3 Å². The summed E-state index contributed by atoms with van der Waals surface area (Å²) in [6.07, 6.45) is 1.74. The van der Waals surface area contributed by atoms with Crippen LogP contribution in [-0.4, -0.2) is 6.54 Å². The van der Waals surface area contributed by atoms with Crippen LogP contribution >= 0.6 is 11.8 Å². The minimum Gasteiger partial charge on any atom is -0.468 e. The Morgan fingerprint density at radius 3 is 2.50 bits per heavy atom. The predicted octanol–water partition coefficient (Wildman–Crippen LogP) is 4.41. The molecule has 0 radical (unpaired) electrons. The molecule has 0 bridgehead atoms. The molecule has 1 aromatic carbocycles. The first-order valence-corrected chi connectivity index (χ1v) is 7.07. The van der Waals surface area contributed by atoms with Gasteiger partial charge in [-0.15, -0.1) is 0 Å². The van der Waals surface area contributed by atoms with Crippen LogP contribution in [0.2, 0.25) is 0 Å². The maximum Gasteiger partial charge on any atom is 0.114 e. The van der Waals surface area contributed by atoms with Gasteiger partial charge in [0.25, 0.3) is 0 Å². The summed E-state index contributed by atoms with van der Waals surface area (Å²) in [5.74, 6) is 0.977. The molecule has 18 heavy (non-hydrogen) atoms. The molecule has 3 heteroatoms. The smallest absolute Gasteiger partial charge is 0.114 e. The standard InChI is InChI=1S/C15H19NOS/c1-4-16-11(2)13-5-7-14(8-6-13)18-15-9-10-17-12(15)3/h5-11,16H,4H2,1-3H3. The highest BCUT2D eigenvalue weighted by Crippen LogP contribution is 2.31. The van der Waals surface area contributed by atoms with Crippen molar-refractivity contribution in [1.29, 1.82) is 0 Å². The molecule has 1 aromatic heterocycles. The van der Waals surface area contributed by atoms with Crippen LogP contribution in [0.15, 0.2) is 50.8 Å². The Labute approximate surface area is 113 Å². The van der Waals surface area contributed by atoms with Gasteiger partial charge >= 0.3 is 0 Å². The van der Waals surface area contributed by atoms with Crippen molar-refractivity contribution in [1.82, 2.24) is 5.32 Å². The maximum absolute atomic E-state index is 5.30. The third-order valence-corrected chi connectivity index (χ3v) is 4.08. The molecule has 0 fully saturated rings. The minimum absolute atomic E-state index is 0.407. The second kappa shape index (κ2) is 6.12. The largest absolute Gasteiger partial charge is 0.468 e. The summed E-state index contributed by atoms with van der Waals surface area (Å²) in [6.45, 7) is 7.30. The Kier molecular flexibility index (Phi) is 4.50. The fraction of sp³-hybridized carbons (Fsp3) is 0.333. The lowest BCUT2D eigenvalue weighted by molar-refractivity contribution is 0.527. The van der Waals surface area contributed by atoms with Gasteiger partial charge in [0.05, 0.1) is 11.2 Å². The van der Waals surface area contributed by atoms with E-state index in [1.807, 2.05) is 13.0 Å². The molecule has 2 aromatic rings. The number of hydrogen-bond acceptors (Lipinski definition) is 3. The highest BCUT2D eigenvalue weighted by molar-refractivity contribution is 7.99. The van der Waals surface area contributed by atoms with Gasteiger partial charge in [0.1, 0.15) is 5.76 Å². The van der Waals surface area contributed by atoms with Gasteiger partial charge in [0.15, 0.2) is 0 Å². The zero-order valence-electron chi connectivity index (χ0n) is 11.1. The van der Waals surface area contributed by atoms with E-state index in [-0.39, 0.29) is 0 Å². The molecule has 0 aliphatic carbocycles. The van der Waals surface area contributed by atoms with Gasteiger partial charge in [-0.25, -0.2) is 0 Å². The Balaban J connectivity index is 2.06. The van der Waals surface area contributed by atoms with Crippen LogP contribution in [0.1, 0.15) is 31.2 Å². The maximum atomic E-state index is 5.30. The van der Waals surface area contributed by atoms with Gasteiger partial charge in [0, 0.05) is 10.9 Å². The van der Waals surface area contributed by atoms with Crippen molar-refractivity contribution < 1.29 is 4.42 Å². The van der Waals surface area contributed by atoms with Crippen molar-refractivity contribution in [2.45, 2.75) is 36.6 Å². The molecule has 96 valence electrons. The quantitative estimate of drug-likeness (QED) is 0.863. The van der Waals surface area contributed by atoms with Crippen molar-refractivity contribution >= 4 is 11.8 Å². The first-order chi connectivity index (χ1) is 8.70. The first-order valence-electron chi connectivity index (χ1n) is 6.26. The van der Waals surface area contributed by atoms with Crippen LogP contribution < -0.4 is 5.32 Å². The van der Waals surface area contributed by atoms with Crippen LogP contribution in [0.5, 0.6) is 0 Å². The van der Waals surface area contributed by atoms with Gasteiger partial charge in [-0.05, 0) is 44.2 Å². The van der Waals surface area contributed by atoms with E-state index >= 15 is 0 Å². The van der Waals surface area contributed by atoms with E-state index in [1.54, 1.807) is 18.0 Å². The van der Waals surface area contributed by atoms with Crippen molar-refractivity contribution in [2.24, 2.45) is 0 Å². The molecule has 0 saturated carbocycles.